The first kappa shape index (κ1) is 2.34. The summed E-state index contributed by atoms with van der Waals surface area (Å²) in [5, 5.41) is 0. The van der Waals surface area contributed by atoms with Gasteiger partial charge in [0.1, 0.15) is 0 Å². The van der Waals surface area contributed by atoms with Gasteiger partial charge in [0.25, 0.3) is 0 Å². The highest BCUT2D eigenvalue weighted by Crippen LogP contribution is 2.38. The Morgan fingerprint density at radius 1 is 1.29 bits per heavy atom. The normalized spacial score (nSPS) is 52.6. The number of hydrogen-bond donors (Lipinski definition) is 0. The Morgan fingerprint density at radius 3 is 2.14 bits per heavy atom. The molecule has 2 aliphatic rings. The van der Waals surface area contributed by atoms with Crippen molar-refractivity contribution in [1.29, 1.82) is 0 Å². The summed E-state index contributed by atoms with van der Waals surface area (Å²) < 4.78 is 14.8. The lowest BCUT2D eigenvalue weighted by Gasteiger charge is -1.96. The molecule has 0 aromatic rings. The van der Waals surface area contributed by atoms with Crippen molar-refractivity contribution in [3.63, 3.8) is 0 Å². The average Bonchev–Trinajstić information content (AvgIpc) is 2.37. The number of fused-ring (bicyclic) bond motifs is 2. The van der Waals surface area contributed by atoms with Crippen molar-refractivity contribution in [3.8, 4) is 0 Å². The third kappa shape index (κ3) is 0.425. The fourth-order valence-corrected chi connectivity index (χ4v) is 1.48. The molecule has 0 aliphatic heterocycles. The van der Waals surface area contributed by atoms with Crippen molar-refractivity contribution in [3.05, 3.63) is 12.1 Å². The molecule has 1 saturated carbocycles. The highest BCUT2D eigenvalue weighted by atomic mass is 14.3. The molecule has 0 heterocycles. The van der Waals surface area contributed by atoms with E-state index in [-0.39, 0.29) is 0 Å². The van der Waals surface area contributed by atoms with Crippen molar-refractivity contribution >= 4 is 0 Å². The standard InChI is InChI=1S/C7H10/c1-2-7-4-3-6(1)5-7/h1-2,6-7H,3-5H2/i1D,2D. The molecule has 0 radical (unpaired) electrons. The highest BCUT2D eigenvalue weighted by Gasteiger charge is 2.25. The Morgan fingerprint density at radius 2 is 1.86 bits per heavy atom. The molecule has 0 spiro atoms. The minimum absolute atomic E-state index is 0.475. The molecule has 0 amide bonds. The van der Waals surface area contributed by atoms with Gasteiger partial charge in [0.05, 0.1) is 2.74 Å². The predicted molar refractivity (Wildman–Crippen MR) is 30.0 cm³/mol. The summed E-state index contributed by atoms with van der Waals surface area (Å²) >= 11 is 0. The second kappa shape index (κ2) is 1.12. The Bertz CT molecular complexity index is 154. The van der Waals surface area contributed by atoms with E-state index in [0.29, 0.717) is 23.9 Å². The molecule has 2 atom stereocenters. The molecular formula is C7H10. The molecule has 38 valence electrons. The number of hydrogen-bond acceptors (Lipinski definition) is 0. The summed E-state index contributed by atoms with van der Waals surface area (Å²) in [5.41, 5.74) is 0. The van der Waals surface area contributed by atoms with Crippen molar-refractivity contribution in [1.82, 2.24) is 0 Å². The van der Waals surface area contributed by atoms with E-state index < -0.39 is 0 Å². The van der Waals surface area contributed by atoms with Crippen LogP contribution in [0.5, 0.6) is 0 Å². The van der Waals surface area contributed by atoms with E-state index in [1.807, 2.05) is 0 Å². The van der Waals surface area contributed by atoms with Crippen LogP contribution in [-0.4, -0.2) is 0 Å². The fraction of sp³-hybridized carbons (Fsp3) is 0.714. The minimum Gasteiger partial charge on any atom is -0.0851 e. The second-order valence-corrected chi connectivity index (χ2v) is 2.50. The van der Waals surface area contributed by atoms with Crippen molar-refractivity contribution in [2.24, 2.45) is 11.8 Å². The lowest BCUT2D eigenvalue weighted by atomic mass is 10.1. The van der Waals surface area contributed by atoms with E-state index in [9.17, 15) is 0 Å². The monoisotopic (exact) mass is 96.1 g/mol. The zero-order valence-electron chi connectivity index (χ0n) is 6.28. The Labute approximate surface area is 47.0 Å². The Hall–Kier alpha value is -0.260. The van der Waals surface area contributed by atoms with Gasteiger partial charge in [0.15, 0.2) is 0 Å². The quantitative estimate of drug-likeness (QED) is 0.404. The van der Waals surface area contributed by atoms with Crippen molar-refractivity contribution < 1.29 is 2.74 Å². The summed E-state index contributed by atoms with van der Waals surface area (Å²) in [7, 11) is 0. The molecule has 0 nitrogen and oxygen atoms in total. The average molecular weight is 96.2 g/mol. The highest BCUT2D eigenvalue weighted by molar-refractivity contribution is 5.06. The lowest BCUT2D eigenvalue weighted by molar-refractivity contribution is 0.691. The molecule has 2 rings (SSSR count). The van der Waals surface area contributed by atoms with Gasteiger partial charge >= 0.3 is 0 Å². The zero-order valence-corrected chi connectivity index (χ0v) is 4.28. The van der Waals surface area contributed by atoms with E-state index >= 15 is 0 Å². The predicted octanol–water partition coefficient (Wildman–Crippen LogP) is 1.97. The van der Waals surface area contributed by atoms with Gasteiger partial charge in [0.2, 0.25) is 0 Å². The smallest absolute Gasteiger partial charge is 0.0576 e. The summed E-state index contributed by atoms with van der Waals surface area (Å²) in [6.07, 6.45) is 3.45. The maximum absolute atomic E-state index is 7.42. The Kier molecular flexibility index (Phi) is 0.374. The summed E-state index contributed by atoms with van der Waals surface area (Å²) in [4.78, 5) is 0. The van der Waals surface area contributed by atoms with Gasteiger partial charge in [-0.25, -0.2) is 0 Å². The third-order valence-corrected chi connectivity index (χ3v) is 1.92. The summed E-state index contributed by atoms with van der Waals surface area (Å²) in [6, 6.07) is 1.26. The maximum atomic E-state index is 7.42. The molecule has 0 N–H and O–H groups in total. The molecular weight excluding hydrogens is 84.1 g/mol. The maximum Gasteiger partial charge on any atom is 0.0576 e. The molecule has 2 aliphatic carbocycles. The van der Waals surface area contributed by atoms with Crippen LogP contribution in [0.25, 0.3) is 0 Å². The van der Waals surface area contributed by atoms with E-state index in [4.69, 9.17) is 2.74 Å². The Balaban J connectivity index is 2.36. The lowest BCUT2D eigenvalue weighted by Crippen LogP contribution is -1.82. The van der Waals surface area contributed by atoms with Gasteiger partial charge in [-0.15, -0.1) is 0 Å². The SMILES string of the molecule is [2H]C1=C([2H])C2CCC1C2. The molecule has 2 unspecified atom stereocenters. The first-order valence-electron chi connectivity index (χ1n) is 3.96. The van der Waals surface area contributed by atoms with Crippen LogP contribution in [0.15, 0.2) is 12.1 Å². The second-order valence-electron chi connectivity index (χ2n) is 2.50. The molecule has 0 aromatic carbocycles. The minimum atomic E-state index is 0.475. The van der Waals surface area contributed by atoms with Crippen LogP contribution in [-0.2, 0) is 0 Å². The first-order valence-corrected chi connectivity index (χ1v) is 2.96. The van der Waals surface area contributed by atoms with E-state index in [0.717, 1.165) is 6.42 Å². The van der Waals surface area contributed by atoms with Gasteiger partial charge in [-0.3, -0.25) is 0 Å². The zero-order chi connectivity index (χ0) is 6.43. The largest absolute Gasteiger partial charge is 0.0851 e. The van der Waals surface area contributed by atoms with Crippen molar-refractivity contribution in [2.45, 2.75) is 19.3 Å². The van der Waals surface area contributed by atoms with Crippen LogP contribution in [0, 0.1) is 11.8 Å². The fourth-order valence-electron chi connectivity index (χ4n) is 1.48. The van der Waals surface area contributed by atoms with E-state index in [2.05, 4.69) is 0 Å². The van der Waals surface area contributed by atoms with Gasteiger partial charge in [-0.1, -0.05) is 12.1 Å². The summed E-state index contributed by atoms with van der Waals surface area (Å²) in [5.74, 6) is 0.949. The summed E-state index contributed by atoms with van der Waals surface area (Å²) in [6.45, 7) is 0. The molecule has 0 heteroatoms. The van der Waals surface area contributed by atoms with Crippen LogP contribution < -0.4 is 0 Å². The molecule has 7 heavy (non-hydrogen) atoms. The van der Waals surface area contributed by atoms with E-state index in [1.165, 1.54) is 12.8 Å². The van der Waals surface area contributed by atoms with Crippen LogP contribution in [0.1, 0.15) is 22.0 Å². The first-order chi connectivity index (χ1) is 4.29. The van der Waals surface area contributed by atoms with Crippen LogP contribution in [0.3, 0.4) is 0 Å². The topological polar surface area (TPSA) is 0 Å². The third-order valence-electron chi connectivity index (χ3n) is 1.92. The van der Waals surface area contributed by atoms with Gasteiger partial charge < -0.3 is 0 Å². The van der Waals surface area contributed by atoms with Crippen LogP contribution in [0.4, 0.5) is 0 Å². The molecule has 1 fully saturated rings. The molecule has 0 saturated heterocycles. The van der Waals surface area contributed by atoms with Gasteiger partial charge in [-0.05, 0) is 31.1 Å². The molecule has 0 aromatic heterocycles. The van der Waals surface area contributed by atoms with Gasteiger partial charge in [0, 0.05) is 0 Å². The molecule has 2 bridgehead atoms. The number of rotatable bonds is 0. The number of allylic oxidation sites excluding steroid dienone is 2. The van der Waals surface area contributed by atoms with Crippen LogP contribution in [0.2, 0.25) is 0 Å². The van der Waals surface area contributed by atoms with Gasteiger partial charge in [-0.2, -0.15) is 0 Å². The van der Waals surface area contributed by atoms with Crippen LogP contribution >= 0.6 is 0 Å². The van der Waals surface area contributed by atoms with E-state index in [1.54, 1.807) is 0 Å². The van der Waals surface area contributed by atoms with Crippen molar-refractivity contribution in [2.75, 3.05) is 0 Å².